The summed E-state index contributed by atoms with van der Waals surface area (Å²) < 4.78 is 11.1. The van der Waals surface area contributed by atoms with Crippen LogP contribution in [0, 0.1) is 0 Å². The summed E-state index contributed by atoms with van der Waals surface area (Å²) in [6, 6.07) is -1.17. The van der Waals surface area contributed by atoms with E-state index in [1.54, 1.807) is 0 Å². The lowest BCUT2D eigenvalue weighted by molar-refractivity contribution is -0.303. The van der Waals surface area contributed by atoms with Crippen LogP contribution in [0.15, 0.2) is 24.3 Å². The van der Waals surface area contributed by atoms with Crippen LogP contribution in [-0.4, -0.2) is 110 Å². The summed E-state index contributed by atoms with van der Waals surface area (Å²) in [6.45, 7) is 3.45. The first-order valence-electron chi connectivity index (χ1n) is 28.8. The van der Waals surface area contributed by atoms with Gasteiger partial charge in [0.2, 0.25) is 5.91 Å². The van der Waals surface area contributed by atoms with E-state index >= 15 is 0 Å². The van der Waals surface area contributed by atoms with Crippen molar-refractivity contribution in [2.24, 2.45) is 0 Å². The lowest BCUT2D eigenvalue weighted by atomic mass is 9.98. The number of unbranched alkanes of at least 4 members (excludes halogenated alkanes) is 34. The van der Waals surface area contributed by atoms with Crippen LogP contribution in [0.4, 0.5) is 0 Å². The van der Waals surface area contributed by atoms with Crippen molar-refractivity contribution in [1.29, 1.82) is 0 Å². The summed E-state index contributed by atoms with van der Waals surface area (Å²) in [5.41, 5.74) is 0. The summed E-state index contributed by atoms with van der Waals surface area (Å²) in [6.07, 6.45) is 43.6. The third-order valence-corrected chi connectivity index (χ3v) is 14.0. The average molecular weight is 968 g/mol. The predicted octanol–water partition coefficient (Wildman–Crippen LogP) is 11.7. The van der Waals surface area contributed by atoms with E-state index in [2.05, 4.69) is 43.5 Å². The van der Waals surface area contributed by atoms with E-state index in [1.807, 2.05) is 0 Å². The monoisotopic (exact) mass is 968 g/mol. The molecule has 0 aromatic heterocycles. The first-order valence-corrected chi connectivity index (χ1v) is 28.8. The second kappa shape index (κ2) is 46.6. The number of aliphatic hydroxyl groups excluding tert-OH is 7. The van der Waals surface area contributed by atoms with E-state index in [0.29, 0.717) is 19.3 Å². The molecule has 1 fully saturated rings. The molecule has 11 heteroatoms. The molecule has 0 saturated carbocycles. The first-order chi connectivity index (χ1) is 33.2. The van der Waals surface area contributed by atoms with Gasteiger partial charge in [-0.05, 0) is 38.5 Å². The molecule has 9 unspecified atom stereocenters. The van der Waals surface area contributed by atoms with Crippen LogP contribution in [0.5, 0.6) is 0 Å². The Kier molecular flexibility index (Phi) is 44.3. The largest absolute Gasteiger partial charge is 0.394 e. The zero-order chi connectivity index (χ0) is 49.7. The molecule has 0 spiro atoms. The van der Waals surface area contributed by atoms with Crippen LogP contribution >= 0.6 is 0 Å². The van der Waals surface area contributed by atoms with Crippen LogP contribution < -0.4 is 5.32 Å². The van der Waals surface area contributed by atoms with E-state index in [4.69, 9.17) is 9.47 Å². The summed E-state index contributed by atoms with van der Waals surface area (Å²) in [5, 5.41) is 76.1. The van der Waals surface area contributed by atoms with Crippen molar-refractivity contribution in [1.82, 2.24) is 5.32 Å². The highest BCUT2D eigenvalue weighted by Gasteiger charge is 2.44. The number of allylic oxidation sites excluding steroid dienone is 4. The Labute approximate surface area is 416 Å². The fourth-order valence-electron chi connectivity index (χ4n) is 9.32. The van der Waals surface area contributed by atoms with Crippen molar-refractivity contribution >= 4 is 5.91 Å². The summed E-state index contributed by atoms with van der Waals surface area (Å²) in [7, 11) is 0. The first kappa shape index (κ1) is 64.6. The predicted molar refractivity (Wildman–Crippen MR) is 279 cm³/mol. The summed E-state index contributed by atoms with van der Waals surface area (Å²) in [4.78, 5) is 13.2. The maximum absolute atomic E-state index is 13.2. The molecule has 68 heavy (non-hydrogen) atoms. The lowest BCUT2D eigenvalue weighted by Crippen LogP contribution is -2.60. The Balaban J connectivity index is 2.31. The smallest absolute Gasteiger partial charge is 0.249 e. The molecule has 0 bridgehead atoms. The molecule has 402 valence electrons. The normalized spacial score (nSPS) is 20.6. The number of amides is 1. The van der Waals surface area contributed by atoms with Crippen LogP contribution in [-0.2, 0) is 14.3 Å². The number of ether oxygens (including phenoxy) is 2. The van der Waals surface area contributed by atoms with Gasteiger partial charge >= 0.3 is 0 Å². The van der Waals surface area contributed by atoms with Crippen molar-refractivity contribution in [3.8, 4) is 0 Å². The molecule has 8 N–H and O–H groups in total. The highest BCUT2D eigenvalue weighted by Crippen LogP contribution is 2.23. The minimum atomic E-state index is -1.66. The Morgan fingerprint density at radius 3 is 1.31 bits per heavy atom. The van der Waals surface area contributed by atoms with Gasteiger partial charge in [0.1, 0.15) is 36.6 Å². The standard InChI is InChI=1S/C57H109NO10/c1-3-5-7-9-11-13-15-17-19-21-23-24-25-26-27-29-30-32-34-36-38-40-42-44-49(60)52(62)48(47-67-57-55(65)54(64)53(63)51(46-59)68-57)58-56(66)50(61)45-43-41-39-37-35-33-31-28-22-20-18-16-14-12-10-8-6-4-2/h12,14,16,18,48-55,57,59-65H,3-11,13,15,17,19-47H2,1-2H3,(H,58,66)/b14-12-,18-16-. The van der Waals surface area contributed by atoms with Gasteiger partial charge in [-0.2, -0.15) is 0 Å². The van der Waals surface area contributed by atoms with Crippen molar-refractivity contribution in [3.63, 3.8) is 0 Å². The number of carbonyl (C=O) groups excluding carboxylic acids is 1. The molecule has 1 saturated heterocycles. The molecule has 9 atom stereocenters. The van der Waals surface area contributed by atoms with Gasteiger partial charge in [-0.3, -0.25) is 4.79 Å². The van der Waals surface area contributed by atoms with E-state index in [-0.39, 0.29) is 6.42 Å². The molecule has 0 radical (unpaired) electrons. The van der Waals surface area contributed by atoms with E-state index in [1.165, 1.54) is 180 Å². The Morgan fingerprint density at radius 2 is 0.882 bits per heavy atom. The third kappa shape index (κ3) is 34.8. The zero-order valence-corrected chi connectivity index (χ0v) is 43.9. The fourth-order valence-corrected chi connectivity index (χ4v) is 9.32. The SMILES string of the molecule is CCCCC/C=C\C=C/CCCCCCCCCCCC(O)C(=O)NC(COC1OC(CO)C(O)C(O)C1O)C(O)C(O)CCCCCCCCCCCCCCCCCCCCCCCCC. The van der Waals surface area contributed by atoms with Gasteiger partial charge in [-0.25, -0.2) is 0 Å². The highest BCUT2D eigenvalue weighted by atomic mass is 16.7. The van der Waals surface area contributed by atoms with Gasteiger partial charge in [0.05, 0.1) is 25.4 Å². The number of carbonyl (C=O) groups is 1. The van der Waals surface area contributed by atoms with Crippen LogP contribution in [0.3, 0.4) is 0 Å². The molecule has 1 aliphatic rings. The number of aliphatic hydroxyl groups is 7. The number of nitrogens with one attached hydrogen (secondary N) is 1. The van der Waals surface area contributed by atoms with E-state index < -0.39 is 74.2 Å². The van der Waals surface area contributed by atoms with Gasteiger partial charge in [0.25, 0.3) is 0 Å². The van der Waals surface area contributed by atoms with Crippen molar-refractivity contribution < 1.29 is 50.0 Å². The molecular weight excluding hydrogens is 859 g/mol. The van der Waals surface area contributed by atoms with Crippen LogP contribution in [0.25, 0.3) is 0 Å². The van der Waals surface area contributed by atoms with Crippen LogP contribution in [0.2, 0.25) is 0 Å². The Morgan fingerprint density at radius 1 is 0.515 bits per heavy atom. The number of hydrogen-bond donors (Lipinski definition) is 8. The second-order valence-corrected chi connectivity index (χ2v) is 20.4. The molecule has 11 nitrogen and oxygen atoms in total. The minimum absolute atomic E-state index is 0.256. The summed E-state index contributed by atoms with van der Waals surface area (Å²) in [5.74, 6) is -0.698. The van der Waals surface area contributed by atoms with Crippen LogP contribution in [0.1, 0.15) is 264 Å². The van der Waals surface area contributed by atoms with Crippen molar-refractivity contribution in [2.75, 3.05) is 13.2 Å². The van der Waals surface area contributed by atoms with E-state index in [9.17, 15) is 40.5 Å². The molecular formula is C57H109NO10. The maximum atomic E-state index is 13.2. The van der Waals surface area contributed by atoms with Gasteiger partial charge in [-0.15, -0.1) is 0 Å². The van der Waals surface area contributed by atoms with Gasteiger partial charge in [0, 0.05) is 0 Å². The van der Waals surface area contributed by atoms with Gasteiger partial charge < -0.3 is 50.5 Å². The molecule has 1 amide bonds. The second-order valence-electron chi connectivity index (χ2n) is 20.4. The average Bonchev–Trinajstić information content (AvgIpc) is 3.34. The quantitative estimate of drug-likeness (QED) is 0.0215. The third-order valence-electron chi connectivity index (χ3n) is 14.0. The minimum Gasteiger partial charge on any atom is -0.394 e. The lowest BCUT2D eigenvalue weighted by Gasteiger charge is -2.40. The van der Waals surface area contributed by atoms with Crippen molar-refractivity contribution in [2.45, 2.75) is 319 Å². The molecule has 1 heterocycles. The Hall–Kier alpha value is -1.41. The highest BCUT2D eigenvalue weighted by molar-refractivity contribution is 5.80. The number of rotatable bonds is 49. The number of hydrogen-bond acceptors (Lipinski definition) is 10. The molecule has 0 aromatic rings. The summed E-state index contributed by atoms with van der Waals surface area (Å²) >= 11 is 0. The fraction of sp³-hybridized carbons (Fsp3) is 0.912. The molecule has 1 rings (SSSR count). The van der Waals surface area contributed by atoms with E-state index in [0.717, 1.165) is 44.9 Å². The molecule has 0 aliphatic carbocycles. The maximum Gasteiger partial charge on any atom is 0.249 e. The van der Waals surface area contributed by atoms with Gasteiger partial charge in [-0.1, -0.05) is 250 Å². The zero-order valence-electron chi connectivity index (χ0n) is 43.9. The van der Waals surface area contributed by atoms with Crippen molar-refractivity contribution in [3.05, 3.63) is 24.3 Å². The Bertz CT molecular complexity index is 1160. The topological polar surface area (TPSA) is 189 Å². The molecule has 1 aliphatic heterocycles. The van der Waals surface area contributed by atoms with Gasteiger partial charge in [0.15, 0.2) is 6.29 Å². The molecule has 0 aromatic carbocycles.